The summed E-state index contributed by atoms with van der Waals surface area (Å²) in [5.41, 5.74) is 3.09. The van der Waals surface area contributed by atoms with Gasteiger partial charge in [0.1, 0.15) is 17.7 Å². The van der Waals surface area contributed by atoms with Crippen LogP contribution < -0.4 is 0 Å². The molecule has 0 fully saturated rings. The van der Waals surface area contributed by atoms with E-state index in [-0.39, 0.29) is 5.57 Å². The number of halogens is 1. The average molecular weight is 394 g/mol. The zero-order chi connectivity index (χ0) is 18.5. The first-order valence-electron chi connectivity index (χ1n) is 7.62. The van der Waals surface area contributed by atoms with Crippen molar-refractivity contribution < 1.29 is 0 Å². The molecule has 0 atom stereocenters. The molecule has 3 aromatic rings. The first kappa shape index (κ1) is 18.2. The predicted octanol–water partition coefficient (Wildman–Crippen LogP) is 6.36. The smallest absolute Gasteiger partial charge is 0.155 e. The summed E-state index contributed by atoms with van der Waals surface area (Å²) in [7, 11) is 0. The fourth-order valence-corrected chi connectivity index (χ4v) is 4.45. The van der Waals surface area contributed by atoms with Gasteiger partial charge in [0.2, 0.25) is 0 Å². The molecule has 0 aliphatic rings. The van der Waals surface area contributed by atoms with Crippen molar-refractivity contribution in [3.8, 4) is 12.1 Å². The highest BCUT2D eigenvalue weighted by Gasteiger charge is 2.10. The van der Waals surface area contributed by atoms with E-state index < -0.39 is 0 Å². The molecule has 0 saturated carbocycles. The second kappa shape index (κ2) is 8.21. The molecule has 26 heavy (non-hydrogen) atoms. The topological polar surface area (TPSA) is 60.5 Å². The predicted molar refractivity (Wildman–Crippen MR) is 109 cm³/mol. The lowest BCUT2D eigenvalue weighted by Gasteiger charge is -2.05. The summed E-state index contributed by atoms with van der Waals surface area (Å²) < 4.78 is 1.93. The largest absolute Gasteiger partial charge is 0.229 e. The van der Waals surface area contributed by atoms with Crippen molar-refractivity contribution in [3.63, 3.8) is 0 Å². The van der Waals surface area contributed by atoms with Crippen LogP contribution in [0, 0.1) is 29.6 Å². The lowest BCUT2D eigenvalue weighted by Crippen LogP contribution is -1.82. The zero-order valence-corrected chi connectivity index (χ0v) is 16.1. The Bertz CT molecular complexity index is 1080. The quantitative estimate of drug-likeness (QED) is 0.293. The van der Waals surface area contributed by atoms with Gasteiger partial charge in [0.05, 0.1) is 10.2 Å². The van der Waals surface area contributed by atoms with E-state index in [4.69, 9.17) is 22.1 Å². The van der Waals surface area contributed by atoms with Gasteiger partial charge in [0.25, 0.3) is 0 Å². The first-order chi connectivity index (χ1) is 12.6. The number of fused-ring (bicyclic) bond motifs is 1. The molecule has 0 spiro atoms. The molecule has 3 nitrogen and oxygen atoms in total. The molecule has 126 valence electrons. The van der Waals surface area contributed by atoms with E-state index >= 15 is 0 Å². The van der Waals surface area contributed by atoms with Crippen molar-refractivity contribution in [2.24, 2.45) is 0 Å². The summed E-state index contributed by atoms with van der Waals surface area (Å²) >= 11 is 9.12. The Morgan fingerprint density at radius 1 is 1.12 bits per heavy atom. The van der Waals surface area contributed by atoms with Gasteiger partial charge in [-0.3, -0.25) is 0 Å². The van der Waals surface area contributed by atoms with Crippen LogP contribution in [0.4, 0.5) is 0 Å². The summed E-state index contributed by atoms with van der Waals surface area (Å²) in [5.74, 6) is 0. The van der Waals surface area contributed by atoms with Crippen LogP contribution in [0.1, 0.15) is 11.1 Å². The Kier molecular flexibility index (Phi) is 5.75. The Morgan fingerprint density at radius 2 is 1.85 bits per heavy atom. The number of thiazole rings is 1. The lowest BCUT2D eigenvalue weighted by atomic mass is 10.1. The Hall–Kier alpha value is -2.57. The fourth-order valence-electron chi connectivity index (χ4n) is 2.18. The Morgan fingerprint density at radius 3 is 2.54 bits per heavy atom. The highest BCUT2D eigenvalue weighted by atomic mass is 35.5. The SMILES string of the molecule is Cc1ccc(C(=CC=C(C#N)C#N)Sc2nc3cc(Cl)ccc3s2)cc1. The molecule has 6 heteroatoms. The molecule has 0 aliphatic heterocycles. The maximum absolute atomic E-state index is 8.96. The van der Waals surface area contributed by atoms with Crippen LogP contribution in [0.5, 0.6) is 0 Å². The third-order valence-electron chi connectivity index (χ3n) is 3.51. The molecule has 2 aromatic carbocycles. The summed E-state index contributed by atoms with van der Waals surface area (Å²) in [6.45, 7) is 2.03. The van der Waals surface area contributed by atoms with Gasteiger partial charge in [-0.15, -0.1) is 11.3 Å². The zero-order valence-electron chi connectivity index (χ0n) is 13.7. The number of hydrogen-bond donors (Lipinski definition) is 0. The summed E-state index contributed by atoms with van der Waals surface area (Å²) in [6, 6.07) is 17.5. The fraction of sp³-hybridized carbons (Fsp3) is 0.0500. The molecule has 0 N–H and O–H groups in total. The number of allylic oxidation sites excluding steroid dienone is 3. The number of nitriles is 2. The lowest BCUT2D eigenvalue weighted by molar-refractivity contribution is 1.31. The van der Waals surface area contributed by atoms with E-state index in [1.165, 1.54) is 17.8 Å². The maximum Gasteiger partial charge on any atom is 0.155 e. The van der Waals surface area contributed by atoms with Gasteiger partial charge in [-0.1, -0.05) is 53.2 Å². The van der Waals surface area contributed by atoms with E-state index in [1.54, 1.807) is 17.4 Å². The third-order valence-corrected chi connectivity index (χ3v) is 5.93. The van der Waals surface area contributed by atoms with Crippen LogP contribution in [0.2, 0.25) is 5.02 Å². The molecular formula is C20H12ClN3S2. The number of aromatic nitrogens is 1. The first-order valence-corrected chi connectivity index (χ1v) is 9.63. The van der Waals surface area contributed by atoms with Crippen LogP contribution in [0.25, 0.3) is 15.1 Å². The number of benzene rings is 2. The van der Waals surface area contributed by atoms with E-state index in [2.05, 4.69) is 4.98 Å². The maximum atomic E-state index is 8.96. The van der Waals surface area contributed by atoms with E-state index in [0.29, 0.717) is 5.02 Å². The normalized spacial score (nSPS) is 11.0. The van der Waals surface area contributed by atoms with Crippen LogP contribution in [-0.2, 0) is 0 Å². The van der Waals surface area contributed by atoms with Crippen LogP contribution >= 0.6 is 34.7 Å². The molecule has 1 aromatic heterocycles. The highest BCUT2D eigenvalue weighted by Crippen LogP contribution is 2.39. The number of thioether (sulfide) groups is 1. The minimum Gasteiger partial charge on any atom is -0.229 e. The number of hydrogen-bond acceptors (Lipinski definition) is 5. The average Bonchev–Trinajstić information content (AvgIpc) is 3.03. The van der Waals surface area contributed by atoms with Gasteiger partial charge >= 0.3 is 0 Å². The highest BCUT2D eigenvalue weighted by molar-refractivity contribution is 8.09. The molecule has 0 radical (unpaired) electrons. The van der Waals surface area contributed by atoms with Crippen molar-refractivity contribution in [2.75, 3.05) is 0 Å². The number of nitrogens with zero attached hydrogens (tertiary/aromatic N) is 3. The third kappa shape index (κ3) is 4.33. The molecule has 0 bridgehead atoms. The minimum atomic E-state index is 0.0614. The second-order valence-corrected chi connectivity index (χ2v) is 8.15. The van der Waals surface area contributed by atoms with Crippen molar-refractivity contribution in [2.45, 2.75) is 11.3 Å². The van der Waals surface area contributed by atoms with Gasteiger partial charge in [-0.2, -0.15) is 10.5 Å². The van der Waals surface area contributed by atoms with Gasteiger partial charge in [-0.25, -0.2) is 4.98 Å². The van der Waals surface area contributed by atoms with E-state index in [9.17, 15) is 0 Å². The van der Waals surface area contributed by atoms with Gasteiger partial charge in [-0.05, 0) is 42.8 Å². The number of rotatable bonds is 4. The van der Waals surface area contributed by atoms with Gasteiger partial charge < -0.3 is 0 Å². The van der Waals surface area contributed by atoms with Crippen molar-refractivity contribution in [3.05, 3.63) is 76.3 Å². The van der Waals surface area contributed by atoms with Crippen molar-refractivity contribution >= 4 is 49.8 Å². The molecule has 3 rings (SSSR count). The Balaban J connectivity index is 2.00. The van der Waals surface area contributed by atoms with Crippen LogP contribution in [0.3, 0.4) is 0 Å². The molecule has 0 saturated heterocycles. The van der Waals surface area contributed by atoms with Crippen LogP contribution in [-0.4, -0.2) is 4.98 Å². The number of aryl methyl sites for hydroxylation is 1. The monoisotopic (exact) mass is 393 g/mol. The van der Waals surface area contributed by atoms with Crippen LogP contribution in [0.15, 0.2) is 64.5 Å². The molecule has 1 heterocycles. The van der Waals surface area contributed by atoms with E-state index in [1.807, 2.05) is 61.5 Å². The molecule has 0 unspecified atom stereocenters. The summed E-state index contributed by atoms with van der Waals surface area (Å²) in [6.07, 6.45) is 3.32. The second-order valence-electron chi connectivity index (χ2n) is 5.39. The van der Waals surface area contributed by atoms with Gasteiger partial charge in [0.15, 0.2) is 4.34 Å². The van der Waals surface area contributed by atoms with Crippen molar-refractivity contribution in [1.82, 2.24) is 4.98 Å². The summed E-state index contributed by atoms with van der Waals surface area (Å²) in [5, 5.41) is 18.6. The molecule has 0 amide bonds. The van der Waals surface area contributed by atoms with E-state index in [0.717, 1.165) is 30.6 Å². The summed E-state index contributed by atoms with van der Waals surface area (Å²) in [4.78, 5) is 5.54. The minimum absolute atomic E-state index is 0.0614. The standard InChI is InChI=1S/C20H12ClN3S2/c1-13-2-5-15(6-3-13)18(8-4-14(11-22)12-23)25-20-24-17-10-16(21)7-9-19(17)26-20/h2-10H,1H3. The molecule has 0 aliphatic carbocycles. The Labute approximate surface area is 164 Å². The van der Waals surface area contributed by atoms with Gasteiger partial charge in [0, 0.05) is 9.93 Å². The molecular weight excluding hydrogens is 382 g/mol. The van der Waals surface area contributed by atoms with Crippen molar-refractivity contribution in [1.29, 1.82) is 10.5 Å².